The Bertz CT molecular complexity index is 376. The molecule has 2 rings (SSSR count). The zero-order valence-corrected chi connectivity index (χ0v) is 9.92. The molecule has 1 N–H and O–H groups in total. The summed E-state index contributed by atoms with van der Waals surface area (Å²) in [7, 11) is 2.07. The Morgan fingerprint density at radius 2 is 1.88 bits per heavy atom. The number of hydrazine groups is 1. The molecule has 0 bridgehead atoms. The van der Waals surface area contributed by atoms with Gasteiger partial charge in [-0.1, -0.05) is 12.1 Å². The van der Waals surface area contributed by atoms with Gasteiger partial charge in [-0.15, -0.1) is 0 Å². The molecule has 1 aliphatic rings. The van der Waals surface area contributed by atoms with Crippen LogP contribution in [-0.2, 0) is 6.54 Å². The van der Waals surface area contributed by atoms with Crippen LogP contribution in [-0.4, -0.2) is 43.1 Å². The van der Waals surface area contributed by atoms with E-state index in [0.29, 0.717) is 12.1 Å². The van der Waals surface area contributed by atoms with Gasteiger partial charge in [-0.05, 0) is 13.1 Å². The summed E-state index contributed by atoms with van der Waals surface area (Å²) in [6.45, 7) is 4.09. The molecule has 0 spiro atoms. The minimum absolute atomic E-state index is 0.327. The van der Waals surface area contributed by atoms with Crippen LogP contribution in [0.5, 0.6) is 0 Å². The van der Waals surface area contributed by atoms with Crippen molar-refractivity contribution in [1.29, 1.82) is 0 Å². The number of halogens is 2. The van der Waals surface area contributed by atoms with Gasteiger partial charge in [0.15, 0.2) is 11.6 Å². The fourth-order valence-corrected chi connectivity index (χ4v) is 1.85. The molecule has 1 fully saturated rings. The first-order valence-electron chi connectivity index (χ1n) is 5.76. The Morgan fingerprint density at radius 3 is 2.59 bits per heavy atom. The van der Waals surface area contributed by atoms with E-state index in [1.165, 1.54) is 6.07 Å². The minimum atomic E-state index is -0.789. The lowest BCUT2D eigenvalue weighted by molar-refractivity contribution is 0.101. The summed E-state index contributed by atoms with van der Waals surface area (Å²) in [5.41, 5.74) is 3.49. The van der Waals surface area contributed by atoms with Gasteiger partial charge in [0.25, 0.3) is 0 Å². The molecule has 1 saturated heterocycles. The number of nitrogens with zero attached hydrogens (tertiary/aromatic N) is 2. The van der Waals surface area contributed by atoms with E-state index in [0.717, 1.165) is 32.2 Å². The molecule has 0 unspecified atom stereocenters. The standard InChI is InChI=1S/C12H17F2N3/c1-16-5-7-17(8-6-16)15-9-10-3-2-4-11(13)12(10)14/h2-4,15H,5-9H2,1H3. The second-order valence-corrected chi connectivity index (χ2v) is 4.34. The topological polar surface area (TPSA) is 18.5 Å². The lowest BCUT2D eigenvalue weighted by atomic mass is 10.2. The molecular formula is C12H17F2N3. The van der Waals surface area contributed by atoms with Crippen LogP contribution in [0.3, 0.4) is 0 Å². The average Bonchev–Trinajstić information content (AvgIpc) is 2.33. The van der Waals surface area contributed by atoms with Gasteiger partial charge in [-0.3, -0.25) is 5.43 Å². The van der Waals surface area contributed by atoms with Crippen LogP contribution in [0.15, 0.2) is 18.2 Å². The molecule has 0 radical (unpaired) electrons. The molecule has 5 heteroatoms. The largest absolute Gasteiger partial charge is 0.304 e. The number of rotatable bonds is 3. The number of benzene rings is 1. The minimum Gasteiger partial charge on any atom is -0.304 e. The predicted molar refractivity (Wildman–Crippen MR) is 62.3 cm³/mol. The van der Waals surface area contributed by atoms with Gasteiger partial charge in [0.2, 0.25) is 0 Å². The van der Waals surface area contributed by atoms with E-state index < -0.39 is 11.6 Å². The first kappa shape index (κ1) is 12.4. The highest BCUT2D eigenvalue weighted by molar-refractivity contribution is 5.18. The number of piperazine rings is 1. The Hall–Kier alpha value is -1.04. The van der Waals surface area contributed by atoms with E-state index in [-0.39, 0.29) is 0 Å². The highest BCUT2D eigenvalue weighted by Gasteiger charge is 2.14. The summed E-state index contributed by atoms with van der Waals surface area (Å²) in [5, 5.41) is 2.05. The fourth-order valence-electron chi connectivity index (χ4n) is 1.85. The molecule has 0 aromatic heterocycles. The van der Waals surface area contributed by atoms with E-state index in [9.17, 15) is 8.78 Å². The molecule has 1 heterocycles. The summed E-state index contributed by atoms with van der Waals surface area (Å²) in [6, 6.07) is 4.26. The van der Waals surface area contributed by atoms with Crippen molar-refractivity contribution in [2.45, 2.75) is 6.54 Å². The van der Waals surface area contributed by atoms with Crippen molar-refractivity contribution in [3.63, 3.8) is 0 Å². The number of hydrogen-bond donors (Lipinski definition) is 1. The van der Waals surface area contributed by atoms with Gasteiger partial charge >= 0.3 is 0 Å². The average molecular weight is 241 g/mol. The van der Waals surface area contributed by atoms with E-state index in [4.69, 9.17) is 0 Å². The third kappa shape index (κ3) is 3.21. The highest BCUT2D eigenvalue weighted by Crippen LogP contribution is 2.11. The molecule has 3 nitrogen and oxygen atoms in total. The Balaban J connectivity index is 1.87. The van der Waals surface area contributed by atoms with E-state index in [1.807, 2.05) is 5.01 Å². The maximum atomic E-state index is 13.4. The molecule has 1 aromatic carbocycles. The molecule has 1 aromatic rings. The van der Waals surface area contributed by atoms with Gasteiger partial charge in [-0.25, -0.2) is 13.8 Å². The Morgan fingerprint density at radius 1 is 1.18 bits per heavy atom. The van der Waals surface area contributed by atoms with Crippen molar-refractivity contribution >= 4 is 0 Å². The maximum absolute atomic E-state index is 13.4. The van der Waals surface area contributed by atoms with E-state index >= 15 is 0 Å². The van der Waals surface area contributed by atoms with Crippen LogP contribution >= 0.6 is 0 Å². The first-order valence-corrected chi connectivity index (χ1v) is 5.76. The van der Waals surface area contributed by atoms with Crippen molar-refractivity contribution in [3.05, 3.63) is 35.4 Å². The molecule has 1 aliphatic heterocycles. The van der Waals surface area contributed by atoms with Crippen molar-refractivity contribution in [2.75, 3.05) is 33.2 Å². The van der Waals surface area contributed by atoms with Crippen molar-refractivity contribution in [1.82, 2.24) is 15.3 Å². The zero-order valence-electron chi connectivity index (χ0n) is 9.92. The van der Waals surface area contributed by atoms with Crippen LogP contribution in [0.25, 0.3) is 0 Å². The monoisotopic (exact) mass is 241 g/mol. The number of hydrogen-bond acceptors (Lipinski definition) is 3. The normalized spacial score (nSPS) is 18.5. The van der Waals surface area contributed by atoms with Crippen molar-refractivity contribution < 1.29 is 8.78 Å². The Labute approximate surface area is 100.0 Å². The molecule has 94 valence electrons. The quantitative estimate of drug-likeness (QED) is 0.858. The second-order valence-electron chi connectivity index (χ2n) is 4.34. The summed E-state index contributed by atoms with van der Waals surface area (Å²) in [6.07, 6.45) is 0. The zero-order chi connectivity index (χ0) is 12.3. The lowest BCUT2D eigenvalue weighted by Gasteiger charge is -2.32. The summed E-state index contributed by atoms with van der Waals surface area (Å²) in [4.78, 5) is 2.24. The number of likely N-dealkylation sites (N-methyl/N-ethyl adjacent to an activating group) is 1. The fraction of sp³-hybridized carbons (Fsp3) is 0.500. The number of nitrogens with one attached hydrogen (secondary N) is 1. The molecule has 0 aliphatic carbocycles. The van der Waals surface area contributed by atoms with Gasteiger partial charge in [-0.2, -0.15) is 0 Å². The molecule has 0 saturated carbocycles. The van der Waals surface area contributed by atoms with Crippen LogP contribution in [0, 0.1) is 11.6 Å². The van der Waals surface area contributed by atoms with Gasteiger partial charge in [0.1, 0.15) is 0 Å². The summed E-state index contributed by atoms with van der Waals surface area (Å²) >= 11 is 0. The molecule has 0 amide bonds. The molecular weight excluding hydrogens is 224 g/mol. The smallest absolute Gasteiger partial charge is 0.163 e. The van der Waals surface area contributed by atoms with Crippen LogP contribution in [0.4, 0.5) is 8.78 Å². The van der Waals surface area contributed by atoms with Crippen LogP contribution in [0.1, 0.15) is 5.56 Å². The second kappa shape index (κ2) is 5.53. The molecule has 0 atom stereocenters. The van der Waals surface area contributed by atoms with Gasteiger partial charge in [0, 0.05) is 38.3 Å². The SMILES string of the molecule is CN1CCN(NCc2cccc(F)c2F)CC1. The summed E-state index contributed by atoms with van der Waals surface area (Å²) in [5.74, 6) is -1.54. The van der Waals surface area contributed by atoms with Crippen LogP contribution in [0.2, 0.25) is 0 Å². The van der Waals surface area contributed by atoms with Gasteiger partial charge < -0.3 is 4.90 Å². The van der Waals surface area contributed by atoms with Crippen molar-refractivity contribution in [2.24, 2.45) is 0 Å². The maximum Gasteiger partial charge on any atom is 0.163 e. The van der Waals surface area contributed by atoms with Crippen molar-refractivity contribution in [3.8, 4) is 0 Å². The third-order valence-electron chi connectivity index (χ3n) is 3.03. The highest BCUT2D eigenvalue weighted by atomic mass is 19.2. The van der Waals surface area contributed by atoms with Crippen LogP contribution < -0.4 is 5.43 Å². The predicted octanol–water partition coefficient (Wildman–Crippen LogP) is 1.22. The summed E-state index contributed by atoms with van der Waals surface area (Å²) < 4.78 is 26.3. The first-order chi connectivity index (χ1) is 8.16. The van der Waals surface area contributed by atoms with E-state index in [1.54, 1.807) is 6.07 Å². The van der Waals surface area contributed by atoms with Gasteiger partial charge in [0.05, 0.1) is 0 Å². The lowest BCUT2D eigenvalue weighted by Crippen LogP contribution is -2.50. The van der Waals surface area contributed by atoms with E-state index in [2.05, 4.69) is 17.4 Å². The molecule has 17 heavy (non-hydrogen) atoms. The third-order valence-corrected chi connectivity index (χ3v) is 3.03. The Kier molecular flexibility index (Phi) is 4.04.